The molecule has 4 rings (SSSR count). The Morgan fingerprint density at radius 3 is 2.84 bits per heavy atom. The van der Waals surface area contributed by atoms with Crippen LogP contribution in [-0.4, -0.2) is 25.5 Å². The minimum absolute atomic E-state index is 0.293. The number of amides is 1. The van der Waals surface area contributed by atoms with E-state index in [0.29, 0.717) is 22.9 Å². The second kappa shape index (κ2) is 5.44. The Morgan fingerprint density at radius 1 is 1.32 bits per heavy atom. The molecule has 4 aromatic rings. The second-order valence-electron chi connectivity index (χ2n) is 6.07. The molecule has 0 radical (unpaired) electrons. The Balaban J connectivity index is 1.70. The van der Waals surface area contributed by atoms with Gasteiger partial charge in [0.05, 0.1) is 17.7 Å². The third-order valence-electron chi connectivity index (χ3n) is 4.33. The summed E-state index contributed by atoms with van der Waals surface area (Å²) in [5.74, 6) is 1.29. The fourth-order valence-electron chi connectivity index (χ4n) is 2.78. The van der Waals surface area contributed by atoms with Crippen molar-refractivity contribution in [3.8, 4) is 0 Å². The van der Waals surface area contributed by atoms with E-state index in [0.717, 1.165) is 22.3 Å². The summed E-state index contributed by atoms with van der Waals surface area (Å²) in [5, 5.41) is 8.11. The van der Waals surface area contributed by atoms with Crippen LogP contribution in [0.4, 0.5) is 0 Å². The van der Waals surface area contributed by atoms with Crippen LogP contribution < -0.4 is 5.32 Å². The largest absolute Gasteiger partial charge is 0.459 e. The molecule has 0 fully saturated rings. The molecule has 0 saturated heterocycles. The Labute approximate surface area is 142 Å². The highest BCUT2D eigenvalue weighted by Gasteiger charge is 2.21. The summed E-state index contributed by atoms with van der Waals surface area (Å²) in [4.78, 5) is 21.1. The van der Waals surface area contributed by atoms with Gasteiger partial charge < -0.3 is 14.2 Å². The van der Waals surface area contributed by atoms with Crippen molar-refractivity contribution in [2.24, 2.45) is 0 Å². The van der Waals surface area contributed by atoms with Crippen molar-refractivity contribution in [3.05, 3.63) is 47.1 Å². The number of hydrogen-bond acceptors (Lipinski definition) is 6. The average Bonchev–Trinajstić information content (AvgIpc) is 3.25. The minimum atomic E-state index is -0.389. The molecule has 0 aliphatic carbocycles. The third-order valence-corrected chi connectivity index (χ3v) is 4.33. The van der Waals surface area contributed by atoms with Crippen molar-refractivity contribution in [1.82, 2.24) is 24.9 Å². The number of aromatic nitrogens is 4. The number of carbonyl (C=O) groups excluding carboxylic acids is 1. The van der Waals surface area contributed by atoms with Crippen molar-refractivity contribution >= 4 is 22.7 Å². The van der Waals surface area contributed by atoms with Gasteiger partial charge >= 0.3 is 0 Å². The summed E-state index contributed by atoms with van der Waals surface area (Å²) in [6.07, 6.45) is 3.05. The van der Waals surface area contributed by atoms with E-state index in [2.05, 4.69) is 20.4 Å². The van der Waals surface area contributed by atoms with Gasteiger partial charge in [0, 0.05) is 11.1 Å². The van der Waals surface area contributed by atoms with Crippen molar-refractivity contribution in [1.29, 1.82) is 0 Å². The van der Waals surface area contributed by atoms with E-state index in [4.69, 9.17) is 8.83 Å². The summed E-state index contributed by atoms with van der Waals surface area (Å²) in [5.41, 5.74) is 2.95. The molecule has 0 spiro atoms. The molecule has 4 aromatic heterocycles. The van der Waals surface area contributed by atoms with Gasteiger partial charge in [-0.25, -0.2) is 14.5 Å². The predicted molar refractivity (Wildman–Crippen MR) is 89.4 cm³/mol. The van der Waals surface area contributed by atoms with E-state index in [9.17, 15) is 4.79 Å². The van der Waals surface area contributed by atoms with Crippen LogP contribution in [0.25, 0.3) is 16.7 Å². The highest BCUT2D eigenvalue weighted by Crippen LogP contribution is 2.26. The fraction of sp³-hybridized carbons (Fsp3) is 0.294. The predicted octanol–water partition coefficient (Wildman–Crippen LogP) is 2.88. The van der Waals surface area contributed by atoms with E-state index in [1.807, 2.05) is 27.7 Å². The lowest BCUT2D eigenvalue weighted by molar-refractivity contribution is 0.0909. The highest BCUT2D eigenvalue weighted by molar-refractivity contribution is 5.93. The van der Waals surface area contributed by atoms with Gasteiger partial charge in [-0.15, -0.1) is 5.10 Å². The van der Waals surface area contributed by atoms with E-state index >= 15 is 0 Å². The number of fused-ring (bicyclic) bond motifs is 3. The van der Waals surface area contributed by atoms with Gasteiger partial charge in [0.2, 0.25) is 5.71 Å². The molecule has 25 heavy (non-hydrogen) atoms. The van der Waals surface area contributed by atoms with Crippen LogP contribution in [0.2, 0.25) is 0 Å². The normalized spacial score (nSPS) is 12.8. The first kappa shape index (κ1) is 15.4. The molecule has 1 N–H and O–H groups in total. The summed E-state index contributed by atoms with van der Waals surface area (Å²) in [6.45, 7) is 7.49. The van der Waals surface area contributed by atoms with Crippen LogP contribution >= 0.6 is 0 Å². The zero-order chi connectivity index (χ0) is 17.7. The standard InChI is InChI=1S/C17H17N5O3/c1-8-5-6-24-13(8)16(23)19-10(3)14-20-15-12-9(2)11(4)25-17(12)18-7-22(15)21-14/h5-7,10H,1-4H3,(H,19,23)/t10-/m1/s1. The number of nitrogens with one attached hydrogen (secondary N) is 1. The Bertz CT molecular complexity index is 1100. The van der Waals surface area contributed by atoms with Crippen molar-refractivity contribution in [3.63, 3.8) is 0 Å². The number of carbonyl (C=O) groups is 1. The molecule has 1 atom stereocenters. The first-order chi connectivity index (χ1) is 12.0. The van der Waals surface area contributed by atoms with Crippen molar-refractivity contribution in [2.75, 3.05) is 0 Å². The number of hydrogen-bond donors (Lipinski definition) is 1. The first-order valence-electron chi connectivity index (χ1n) is 7.91. The van der Waals surface area contributed by atoms with Crippen LogP contribution in [-0.2, 0) is 0 Å². The summed E-state index contributed by atoms with van der Waals surface area (Å²) < 4.78 is 12.4. The van der Waals surface area contributed by atoms with Crippen LogP contribution in [0.3, 0.4) is 0 Å². The molecule has 128 valence electrons. The third kappa shape index (κ3) is 2.37. The number of aryl methyl sites for hydroxylation is 3. The van der Waals surface area contributed by atoms with Gasteiger partial charge in [0.1, 0.15) is 12.1 Å². The van der Waals surface area contributed by atoms with Crippen LogP contribution in [0.5, 0.6) is 0 Å². The van der Waals surface area contributed by atoms with E-state index in [-0.39, 0.29) is 11.9 Å². The molecule has 4 heterocycles. The zero-order valence-electron chi connectivity index (χ0n) is 14.3. The van der Waals surface area contributed by atoms with Gasteiger partial charge in [-0.05, 0) is 33.8 Å². The Kier molecular flexibility index (Phi) is 3.34. The molecule has 1 amide bonds. The molecule has 0 saturated carbocycles. The lowest BCUT2D eigenvalue weighted by Crippen LogP contribution is -2.27. The summed E-state index contributed by atoms with van der Waals surface area (Å²) in [6, 6.07) is 1.36. The van der Waals surface area contributed by atoms with Crippen molar-refractivity contribution in [2.45, 2.75) is 33.7 Å². The average molecular weight is 339 g/mol. The lowest BCUT2D eigenvalue weighted by atomic mass is 10.2. The molecule has 0 aliphatic rings. The fourth-order valence-corrected chi connectivity index (χ4v) is 2.78. The van der Waals surface area contributed by atoms with E-state index in [1.54, 1.807) is 16.9 Å². The van der Waals surface area contributed by atoms with Gasteiger partial charge in [-0.1, -0.05) is 0 Å². The number of furan rings is 2. The zero-order valence-corrected chi connectivity index (χ0v) is 14.3. The number of nitrogens with zero attached hydrogens (tertiary/aromatic N) is 4. The quantitative estimate of drug-likeness (QED) is 0.616. The molecule has 0 unspecified atom stereocenters. The van der Waals surface area contributed by atoms with Gasteiger partial charge in [-0.3, -0.25) is 4.79 Å². The second-order valence-corrected chi connectivity index (χ2v) is 6.07. The molecule has 8 heteroatoms. The lowest BCUT2D eigenvalue weighted by Gasteiger charge is -2.09. The van der Waals surface area contributed by atoms with Crippen molar-refractivity contribution < 1.29 is 13.6 Å². The van der Waals surface area contributed by atoms with E-state index in [1.165, 1.54) is 6.26 Å². The SMILES string of the molecule is Cc1ccoc1C(=O)N[C@H](C)c1nc2c3c(C)c(C)oc3ncn2n1. The van der Waals surface area contributed by atoms with Gasteiger partial charge in [0.15, 0.2) is 17.2 Å². The highest BCUT2D eigenvalue weighted by atomic mass is 16.3. The minimum Gasteiger partial charge on any atom is -0.459 e. The molecule has 0 aromatic carbocycles. The first-order valence-corrected chi connectivity index (χ1v) is 7.91. The molecule has 8 nitrogen and oxygen atoms in total. The van der Waals surface area contributed by atoms with Crippen LogP contribution in [0.1, 0.15) is 46.2 Å². The topological polar surface area (TPSA) is 98.5 Å². The number of rotatable bonds is 3. The molecular weight excluding hydrogens is 322 g/mol. The Morgan fingerprint density at radius 2 is 2.12 bits per heavy atom. The summed E-state index contributed by atoms with van der Waals surface area (Å²) >= 11 is 0. The van der Waals surface area contributed by atoms with Crippen LogP contribution in [0, 0.1) is 20.8 Å². The van der Waals surface area contributed by atoms with Crippen LogP contribution in [0.15, 0.2) is 27.5 Å². The maximum absolute atomic E-state index is 12.3. The van der Waals surface area contributed by atoms with Gasteiger partial charge in [-0.2, -0.15) is 0 Å². The van der Waals surface area contributed by atoms with E-state index < -0.39 is 0 Å². The molecule has 0 bridgehead atoms. The van der Waals surface area contributed by atoms with Gasteiger partial charge in [0.25, 0.3) is 5.91 Å². The monoisotopic (exact) mass is 339 g/mol. The maximum Gasteiger partial charge on any atom is 0.287 e. The summed E-state index contributed by atoms with van der Waals surface area (Å²) in [7, 11) is 0. The maximum atomic E-state index is 12.3. The Hall–Kier alpha value is -3.16. The molecular formula is C17H17N5O3. The molecule has 0 aliphatic heterocycles. The smallest absolute Gasteiger partial charge is 0.287 e.